The van der Waals surface area contributed by atoms with E-state index in [0.29, 0.717) is 19.3 Å². The van der Waals surface area contributed by atoms with Gasteiger partial charge in [-0.3, -0.25) is 0 Å². The molecule has 0 saturated heterocycles. The summed E-state index contributed by atoms with van der Waals surface area (Å²) in [5.41, 5.74) is 0. The molecule has 0 spiro atoms. The zero-order chi connectivity index (χ0) is 11.6. The van der Waals surface area contributed by atoms with Crippen molar-refractivity contribution in [3.63, 3.8) is 0 Å². The zero-order valence-electron chi connectivity index (χ0n) is 8.87. The van der Waals surface area contributed by atoms with Gasteiger partial charge in [0.2, 0.25) is 10.0 Å². The number of halogens is 1. The average Bonchev–Trinajstić information content (AvgIpc) is 2.05. The van der Waals surface area contributed by atoms with E-state index in [4.69, 9.17) is 5.14 Å². The van der Waals surface area contributed by atoms with Crippen LogP contribution in [0, 0.1) is 0 Å². The SMILES string of the molecule is C=CCC[C@@H](CC)S(N)(=O)=O.CCI. The molecule has 2 N–H and O–H groups in total. The number of sulfonamides is 1. The van der Waals surface area contributed by atoms with Crippen LogP contribution >= 0.6 is 22.6 Å². The van der Waals surface area contributed by atoms with Crippen LogP contribution in [0.15, 0.2) is 12.7 Å². The van der Waals surface area contributed by atoms with Crippen LogP contribution in [0.25, 0.3) is 0 Å². The highest BCUT2D eigenvalue weighted by atomic mass is 127. The second-order valence-corrected chi connectivity index (χ2v) is 6.12. The van der Waals surface area contributed by atoms with Gasteiger partial charge in [0, 0.05) is 0 Å². The molecular formula is C9H20INO2S. The lowest BCUT2D eigenvalue weighted by molar-refractivity contribution is 0.569. The quantitative estimate of drug-likeness (QED) is 0.477. The van der Waals surface area contributed by atoms with Gasteiger partial charge in [-0.05, 0) is 23.7 Å². The Morgan fingerprint density at radius 1 is 1.50 bits per heavy atom. The molecule has 3 nitrogen and oxygen atoms in total. The van der Waals surface area contributed by atoms with Crippen LogP contribution in [0.5, 0.6) is 0 Å². The summed E-state index contributed by atoms with van der Waals surface area (Å²) in [6, 6.07) is 0. The van der Waals surface area contributed by atoms with E-state index >= 15 is 0 Å². The summed E-state index contributed by atoms with van der Waals surface area (Å²) in [7, 11) is -3.33. The Hall–Kier alpha value is 0.380. The molecule has 14 heavy (non-hydrogen) atoms. The van der Waals surface area contributed by atoms with Crippen LogP contribution in [-0.4, -0.2) is 18.1 Å². The first-order valence-corrected chi connectivity index (χ1v) is 7.75. The second-order valence-electron chi connectivity index (χ2n) is 2.75. The lowest BCUT2D eigenvalue weighted by Crippen LogP contribution is -2.27. The van der Waals surface area contributed by atoms with E-state index in [0.717, 1.165) is 0 Å². The lowest BCUT2D eigenvalue weighted by atomic mass is 10.2. The summed E-state index contributed by atoms with van der Waals surface area (Å²) in [6.07, 6.45) is 3.56. The molecule has 0 aliphatic rings. The van der Waals surface area contributed by atoms with Crippen molar-refractivity contribution in [3.05, 3.63) is 12.7 Å². The Morgan fingerprint density at radius 2 is 1.93 bits per heavy atom. The van der Waals surface area contributed by atoms with Crippen molar-refractivity contribution in [1.29, 1.82) is 0 Å². The van der Waals surface area contributed by atoms with Gasteiger partial charge in [0.25, 0.3) is 0 Å². The minimum Gasteiger partial charge on any atom is -0.228 e. The van der Waals surface area contributed by atoms with Gasteiger partial charge < -0.3 is 0 Å². The standard InChI is InChI=1S/C7H15NO2S.C2H5I/c1-3-5-6-7(4-2)11(8,9)10;1-2-3/h3,7H,1,4-6H2,2H3,(H2,8,9,10);2H2,1H3/t7-;/m1./s1. The van der Waals surface area contributed by atoms with Gasteiger partial charge in [0.1, 0.15) is 0 Å². The molecule has 0 aromatic rings. The summed E-state index contributed by atoms with van der Waals surface area (Å²) >= 11 is 2.29. The van der Waals surface area contributed by atoms with Crippen molar-refractivity contribution >= 4 is 32.6 Å². The summed E-state index contributed by atoms with van der Waals surface area (Å²) in [5, 5.41) is 4.57. The number of allylic oxidation sites excluding steroid dienone is 1. The highest BCUT2D eigenvalue weighted by Crippen LogP contribution is 2.09. The maximum atomic E-state index is 10.8. The average molecular weight is 333 g/mol. The fourth-order valence-corrected chi connectivity index (χ4v) is 1.83. The number of hydrogen-bond acceptors (Lipinski definition) is 2. The molecule has 0 aliphatic heterocycles. The van der Waals surface area contributed by atoms with Gasteiger partial charge >= 0.3 is 0 Å². The minimum atomic E-state index is -3.33. The van der Waals surface area contributed by atoms with E-state index in [1.807, 2.05) is 6.92 Å². The normalized spacial score (nSPS) is 12.6. The Kier molecular flexibility index (Phi) is 11.9. The second kappa shape index (κ2) is 9.92. The lowest BCUT2D eigenvalue weighted by Gasteiger charge is -2.09. The van der Waals surface area contributed by atoms with Gasteiger partial charge in [0.05, 0.1) is 5.25 Å². The third-order valence-electron chi connectivity index (χ3n) is 1.61. The van der Waals surface area contributed by atoms with Gasteiger partial charge in [-0.15, -0.1) is 6.58 Å². The van der Waals surface area contributed by atoms with Crippen LogP contribution in [0.4, 0.5) is 0 Å². The summed E-state index contributed by atoms with van der Waals surface area (Å²) < 4.78 is 22.8. The van der Waals surface area contributed by atoms with Crippen molar-refractivity contribution in [3.8, 4) is 0 Å². The molecule has 0 saturated carbocycles. The molecule has 86 valence electrons. The highest BCUT2D eigenvalue weighted by Gasteiger charge is 2.17. The monoisotopic (exact) mass is 333 g/mol. The van der Waals surface area contributed by atoms with Crippen molar-refractivity contribution in [1.82, 2.24) is 0 Å². The van der Waals surface area contributed by atoms with Crippen molar-refractivity contribution in [2.24, 2.45) is 5.14 Å². The maximum absolute atomic E-state index is 10.8. The smallest absolute Gasteiger partial charge is 0.211 e. The predicted octanol–water partition coefficient (Wildman–Crippen LogP) is 2.46. The summed E-state index contributed by atoms with van der Waals surface area (Å²) in [5.74, 6) is 0. The van der Waals surface area contributed by atoms with E-state index in [2.05, 4.69) is 36.1 Å². The molecule has 1 atom stereocenters. The Morgan fingerprint density at radius 3 is 2.14 bits per heavy atom. The Bertz CT molecular complexity index is 227. The fourth-order valence-electron chi connectivity index (χ4n) is 0.904. The first-order valence-electron chi connectivity index (χ1n) is 4.62. The van der Waals surface area contributed by atoms with Crippen LogP contribution in [-0.2, 0) is 10.0 Å². The van der Waals surface area contributed by atoms with E-state index in [1.165, 1.54) is 4.43 Å². The first-order chi connectivity index (χ1) is 6.43. The van der Waals surface area contributed by atoms with Crippen LogP contribution in [0.3, 0.4) is 0 Å². The van der Waals surface area contributed by atoms with Gasteiger partial charge in [-0.2, -0.15) is 0 Å². The van der Waals surface area contributed by atoms with Gasteiger partial charge in [0.15, 0.2) is 0 Å². The molecule has 0 amide bonds. The topological polar surface area (TPSA) is 60.2 Å². The molecule has 0 unspecified atom stereocenters. The van der Waals surface area contributed by atoms with Crippen LogP contribution in [0.1, 0.15) is 33.1 Å². The van der Waals surface area contributed by atoms with Crippen molar-refractivity contribution in [2.75, 3.05) is 4.43 Å². The highest BCUT2D eigenvalue weighted by molar-refractivity contribution is 14.1. The number of hydrogen-bond donors (Lipinski definition) is 1. The van der Waals surface area contributed by atoms with Crippen molar-refractivity contribution < 1.29 is 8.42 Å². The van der Waals surface area contributed by atoms with E-state index in [1.54, 1.807) is 6.08 Å². The number of alkyl halides is 1. The van der Waals surface area contributed by atoms with E-state index in [-0.39, 0.29) is 0 Å². The molecule has 0 heterocycles. The predicted molar refractivity (Wildman–Crippen MR) is 71.2 cm³/mol. The molecular weight excluding hydrogens is 313 g/mol. The maximum Gasteiger partial charge on any atom is 0.211 e. The summed E-state index contributed by atoms with van der Waals surface area (Å²) in [4.78, 5) is 0. The molecule has 0 fully saturated rings. The fraction of sp³-hybridized carbons (Fsp3) is 0.778. The molecule has 0 aromatic heterocycles. The van der Waals surface area contributed by atoms with Crippen LogP contribution < -0.4 is 5.14 Å². The molecule has 0 aliphatic carbocycles. The molecule has 0 radical (unpaired) electrons. The van der Waals surface area contributed by atoms with Gasteiger partial charge in [-0.1, -0.05) is 42.5 Å². The summed E-state index contributed by atoms with van der Waals surface area (Å²) in [6.45, 7) is 7.44. The zero-order valence-corrected chi connectivity index (χ0v) is 11.8. The molecule has 0 aromatic carbocycles. The minimum absolute atomic E-state index is 0.402. The first kappa shape index (κ1) is 16.8. The number of primary sulfonamides is 1. The largest absolute Gasteiger partial charge is 0.228 e. The third kappa shape index (κ3) is 10.5. The molecule has 5 heteroatoms. The van der Waals surface area contributed by atoms with Crippen molar-refractivity contribution in [2.45, 2.75) is 38.4 Å². The Labute approximate surface area is 101 Å². The van der Waals surface area contributed by atoms with E-state index < -0.39 is 15.3 Å². The van der Waals surface area contributed by atoms with Gasteiger partial charge in [-0.25, -0.2) is 13.6 Å². The molecule has 0 rings (SSSR count). The molecule has 0 bridgehead atoms. The van der Waals surface area contributed by atoms with E-state index in [9.17, 15) is 8.42 Å². The number of rotatable bonds is 5. The third-order valence-corrected chi connectivity index (χ3v) is 3.11. The Balaban J connectivity index is 0. The van der Waals surface area contributed by atoms with Crippen LogP contribution in [0.2, 0.25) is 0 Å². The number of nitrogens with two attached hydrogens (primary N) is 1.